The van der Waals surface area contributed by atoms with Gasteiger partial charge < -0.3 is 10.4 Å². The highest BCUT2D eigenvalue weighted by atomic mass is 16.3. The first-order chi connectivity index (χ1) is 10.7. The van der Waals surface area contributed by atoms with E-state index in [1.807, 2.05) is 0 Å². The molecule has 0 bridgehead atoms. The van der Waals surface area contributed by atoms with E-state index in [9.17, 15) is 5.11 Å². The van der Waals surface area contributed by atoms with Gasteiger partial charge in [0.25, 0.3) is 0 Å². The van der Waals surface area contributed by atoms with E-state index in [0.717, 1.165) is 39.0 Å². The zero-order chi connectivity index (χ0) is 15.8. The lowest BCUT2D eigenvalue weighted by Crippen LogP contribution is -2.35. The SMILES string of the molecule is CCCCC(C)NCc1ccccc1CN1CCC(O)CC1. The quantitative estimate of drug-likeness (QED) is 0.773. The normalized spacial score (nSPS) is 18.5. The lowest BCUT2D eigenvalue weighted by molar-refractivity contribution is 0.0791. The minimum atomic E-state index is -0.0902. The second kappa shape index (κ2) is 9.29. The van der Waals surface area contributed by atoms with Crippen LogP contribution in [-0.4, -0.2) is 35.2 Å². The predicted molar refractivity (Wildman–Crippen MR) is 92.8 cm³/mol. The Hall–Kier alpha value is -0.900. The third-order valence-corrected chi connectivity index (χ3v) is 4.70. The Labute approximate surface area is 135 Å². The maximum absolute atomic E-state index is 9.63. The van der Waals surface area contributed by atoms with Crippen LogP contribution in [0.1, 0.15) is 57.1 Å². The van der Waals surface area contributed by atoms with Crippen molar-refractivity contribution in [2.45, 2.75) is 71.2 Å². The molecule has 1 heterocycles. The number of unbranched alkanes of at least 4 members (excludes halogenated alkanes) is 1. The minimum absolute atomic E-state index is 0.0902. The van der Waals surface area contributed by atoms with Gasteiger partial charge in [-0.3, -0.25) is 4.90 Å². The number of hydrogen-bond donors (Lipinski definition) is 2. The molecule has 1 aromatic carbocycles. The molecule has 1 unspecified atom stereocenters. The van der Waals surface area contributed by atoms with Gasteiger partial charge in [0, 0.05) is 32.2 Å². The molecule has 3 heteroatoms. The van der Waals surface area contributed by atoms with E-state index < -0.39 is 0 Å². The lowest BCUT2D eigenvalue weighted by Gasteiger charge is -2.30. The van der Waals surface area contributed by atoms with E-state index in [1.165, 1.54) is 30.4 Å². The number of nitrogens with zero attached hydrogens (tertiary/aromatic N) is 1. The molecule has 1 aliphatic rings. The Kier molecular flexibility index (Phi) is 7.37. The second-order valence-electron chi connectivity index (χ2n) is 6.70. The first-order valence-corrected chi connectivity index (χ1v) is 8.89. The molecule has 0 spiro atoms. The summed E-state index contributed by atoms with van der Waals surface area (Å²) in [6.45, 7) is 8.51. The number of piperidine rings is 1. The molecular weight excluding hydrogens is 272 g/mol. The van der Waals surface area contributed by atoms with Crippen molar-refractivity contribution in [1.29, 1.82) is 0 Å². The van der Waals surface area contributed by atoms with E-state index in [1.54, 1.807) is 0 Å². The monoisotopic (exact) mass is 304 g/mol. The van der Waals surface area contributed by atoms with E-state index in [0.29, 0.717) is 6.04 Å². The summed E-state index contributed by atoms with van der Waals surface area (Å²) >= 11 is 0. The van der Waals surface area contributed by atoms with Gasteiger partial charge >= 0.3 is 0 Å². The Bertz CT molecular complexity index is 427. The molecule has 1 aliphatic heterocycles. The molecule has 1 aromatic rings. The van der Waals surface area contributed by atoms with E-state index in [-0.39, 0.29) is 6.10 Å². The largest absolute Gasteiger partial charge is 0.393 e. The molecule has 124 valence electrons. The van der Waals surface area contributed by atoms with Gasteiger partial charge in [-0.1, -0.05) is 44.0 Å². The van der Waals surface area contributed by atoms with Crippen molar-refractivity contribution in [3.05, 3.63) is 35.4 Å². The van der Waals surface area contributed by atoms with Gasteiger partial charge in [0.05, 0.1) is 6.10 Å². The molecule has 1 saturated heterocycles. The Morgan fingerprint density at radius 3 is 2.59 bits per heavy atom. The third-order valence-electron chi connectivity index (χ3n) is 4.70. The van der Waals surface area contributed by atoms with Gasteiger partial charge in [-0.15, -0.1) is 0 Å². The number of aliphatic hydroxyl groups is 1. The number of benzene rings is 1. The number of rotatable bonds is 8. The fraction of sp³-hybridized carbons (Fsp3) is 0.684. The highest BCUT2D eigenvalue weighted by Crippen LogP contribution is 2.17. The van der Waals surface area contributed by atoms with Crippen molar-refractivity contribution >= 4 is 0 Å². The minimum Gasteiger partial charge on any atom is -0.393 e. The molecular formula is C19H32N2O. The number of aliphatic hydroxyl groups excluding tert-OH is 1. The van der Waals surface area contributed by atoms with Gasteiger partial charge in [-0.05, 0) is 37.3 Å². The fourth-order valence-corrected chi connectivity index (χ4v) is 3.10. The summed E-state index contributed by atoms with van der Waals surface area (Å²) in [4.78, 5) is 2.46. The van der Waals surface area contributed by atoms with Crippen LogP contribution in [0.3, 0.4) is 0 Å². The predicted octanol–water partition coefficient (Wildman–Crippen LogP) is 3.31. The van der Waals surface area contributed by atoms with Crippen molar-refractivity contribution in [1.82, 2.24) is 10.2 Å². The van der Waals surface area contributed by atoms with Crippen LogP contribution in [0.5, 0.6) is 0 Å². The maximum Gasteiger partial charge on any atom is 0.0564 e. The zero-order valence-electron chi connectivity index (χ0n) is 14.2. The van der Waals surface area contributed by atoms with Crippen LogP contribution in [-0.2, 0) is 13.1 Å². The first-order valence-electron chi connectivity index (χ1n) is 8.89. The van der Waals surface area contributed by atoms with Crippen molar-refractivity contribution in [2.75, 3.05) is 13.1 Å². The van der Waals surface area contributed by atoms with Crippen LogP contribution in [0, 0.1) is 0 Å². The average Bonchev–Trinajstić information content (AvgIpc) is 2.54. The van der Waals surface area contributed by atoms with Crippen LogP contribution in [0.4, 0.5) is 0 Å². The summed E-state index contributed by atoms with van der Waals surface area (Å²) in [6, 6.07) is 9.35. The van der Waals surface area contributed by atoms with E-state index in [2.05, 4.69) is 48.3 Å². The molecule has 2 rings (SSSR count). The summed E-state index contributed by atoms with van der Waals surface area (Å²) in [5, 5.41) is 13.3. The molecule has 0 saturated carbocycles. The second-order valence-corrected chi connectivity index (χ2v) is 6.70. The Balaban J connectivity index is 1.86. The van der Waals surface area contributed by atoms with Crippen LogP contribution < -0.4 is 5.32 Å². The molecule has 0 amide bonds. The standard InChI is InChI=1S/C19H32N2O/c1-3-4-7-16(2)20-14-17-8-5-6-9-18(17)15-21-12-10-19(22)11-13-21/h5-6,8-9,16,19-20,22H,3-4,7,10-15H2,1-2H3. The molecule has 0 aliphatic carbocycles. The summed E-state index contributed by atoms with van der Waals surface area (Å²) in [5.74, 6) is 0. The molecule has 22 heavy (non-hydrogen) atoms. The summed E-state index contributed by atoms with van der Waals surface area (Å²) in [7, 11) is 0. The molecule has 1 fully saturated rings. The lowest BCUT2D eigenvalue weighted by atomic mass is 10.0. The zero-order valence-corrected chi connectivity index (χ0v) is 14.2. The number of likely N-dealkylation sites (tertiary alicyclic amines) is 1. The smallest absolute Gasteiger partial charge is 0.0564 e. The van der Waals surface area contributed by atoms with E-state index in [4.69, 9.17) is 0 Å². The number of nitrogens with one attached hydrogen (secondary N) is 1. The van der Waals surface area contributed by atoms with Crippen LogP contribution >= 0.6 is 0 Å². The van der Waals surface area contributed by atoms with Crippen LogP contribution in [0.2, 0.25) is 0 Å². The molecule has 0 radical (unpaired) electrons. The van der Waals surface area contributed by atoms with Crippen molar-refractivity contribution in [2.24, 2.45) is 0 Å². The number of hydrogen-bond acceptors (Lipinski definition) is 3. The van der Waals surface area contributed by atoms with Crippen LogP contribution in [0.25, 0.3) is 0 Å². The molecule has 2 N–H and O–H groups in total. The van der Waals surface area contributed by atoms with Crippen molar-refractivity contribution < 1.29 is 5.11 Å². The third kappa shape index (κ3) is 5.71. The van der Waals surface area contributed by atoms with Gasteiger partial charge in [-0.25, -0.2) is 0 Å². The summed E-state index contributed by atoms with van der Waals surface area (Å²) in [6.07, 6.45) is 5.55. The highest BCUT2D eigenvalue weighted by Gasteiger charge is 2.17. The molecule has 0 aromatic heterocycles. The summed E-state index contributed by atoms with van der Waals surface area (Å²) < 4.78 is 0. The Morgan fingerprint density at radius 1 is 1.23 bits per heavy atom. The van der Waals surface area contributed by atoms with Gasteiger partial charge in [0.2, 0.25) is 0 Å². The molecule has 1 atom stereocenters. The van der Waals surface area contributed by atoms with Crippen molar-refractivity contribution in [3.8, 4) is 0 Å². The first kappa shape index (κ1) is 17.5. The topological polar surface area (TPSA) is 35.5 Å². The van der Waals surface area contributed by atoms with Crippen molar-refractivity contribution in [3.63, 3.8) is 0 Å². The van der Waals surface area contributed by atoms with Gasteiger partial charge in [0.1, 0.15) is 0 Å². The summed E-state index contributed by atoms with van der Waals surface area (Å²) in [5.41, 5.74) is 2.84. The van der Waals surface area contributed by atoms with Crippen LogP contribution in [0.15, 0.2) is 24.3 Å². The fourth-order valence-electron chi connectivity index (χ4n) is 3.10. The maximum atomic E-state index is 9.63. The van der Waals surface area contributed by atoms with Gasteiger partial charge in [0.15, 0.2) is 0 Å². The average molecular weight is 304 g/mol. The highest BCUT2D eigenvalue weighted by molar-refractivity contribution is 5.27. The van der Waals surface area contributed by atoms with E-state index >= 15 is 0 Å². The van der Waals surface area contributed by atoms with Gasteiger partial charge in [-0.2, -0.15) is 0 Å². The Morgan fingerprint density at radius 2 is 1.91 bits per heavy atom. The molecule has 3 nitrogen and oxygen atoms in total.